The van der Waals surface area contributed by atoms with Gasteiger partial charge >= 0.3 is 0 Å². The van der Waals surface area contributed by atoms with Crippen LogP contribution in [0.1, 0.15) is 48.4 Å². The topological polar surface area (TPSA) is 76.6 Å². The number of fused-ring (bicyclic) bond motifs is 1. The van der Waals surface area contributed by atoms with Gasteiger partial charge in [-0.15, -0.1) is 0 Å². The first-order chi connectivity index (χ1) is 13.1. The number of nitrogens with zero attached hydrogens (tertiary/aromatic N) is 3. The molecule has 2 aromatic rings. The van der Waals surface area contributed by atoms with Gasteiger partial charge in [0.05, 0.1) is 0 Å². The van der Waals surface area contributed by atoms with Crippen molar-refractivity contribution in [3.05, 3.63) is 41.2 Å². The first-order valence-electron chi connectivity index (χ1n) is 9.38. The molecule has 0 spiro atoms. The first-order valence-corrected chi connectivity index (χ1v) is 9.38. The molecular weight excluding hydrogens is 344 g/mol. The van der Waals surface area contributed by atoms with E-state index in [1.165, 1.54) is 0 Å². The number of carbonyl (C=O) groups excluding carboxylic acids is 1. The Morgan fingerprint density at radius 1 is 1.11 bits per heavy atom. The standard InChI is InChI=1S/C20H26N4O3/c1-4-8-24(9-5-2)19(25)16-10-14(3)22-20(23-16)21-12-15-6-7-17-18(11-15)27-13-26-17/h6-7,10-11H,4-5,8-9,12-13H2,1-3H3,(H,21,22,23). The lowest BCUT2D eigenvalue weighted by molar-refractivity contribution is 0.0749. The van der Waals surface area contributed by atoms with E-state index in [9.17, 15) is 4.79 Å². The van der Waals surface area contributed by atoms with Crippen molar-refractivity contribution in [3.8, 4) is 11.5 Å². The number of ether oxygens (including phenoxy) is 2. The predicted octanol–water partition coefficient (Wildman–Crippen LogP) is 3.39. The van der Waals surface area contributed by atoms with Crippen LogP contribution >= 0.6 is 0 Å². The van der Waals surface area contributed by atoms with Gasteiger partial charge in [-0.05, 0) is 43.5 Å². The van der Waals surface area contributed by atoms with Gasteiger partial charge in [0.1, 0.15) is 5.69 Å². The van der Waals surface area contributed by atoms with E-state index in [4.69, 9.17) is 9.47 Å². The first kappa shape index (κ1) is 18.9. The van der Waals surface area contributed by atoms with E-state index in [-0.39, 0.29) is 12.7 Å². The van der Waals surface area contributed by atoms with Gasteiger partial charge in [-0.2, -0.15) is 0 Å². The van der Waals surface area contributed by atoms with Crippen LogP contribution in [0.25, 0.3) is 0 Å². The minimum absolute atomic E-state index is 0.0460. The van der Waals surface area contributed by atoms with Crippen LogP contribution in [-0.2, 0) is 6.54 Å². The van der Waals surface area contributed by atoms with Crippen molar-refractivity contribution in [2.75, 3.05) is 25.2 Å². The van der Waals surface area contributed by atoms with E-state index in [1.807, 2.05) is 30.0 Å². The Morgan fingerprint density at radius 2 is 1.85 bits per heavy atom. The molecule has 27 heavy (non-hydrogen) atoms. The van der Waals surface area contributed by atoms with Crippen molar-refractivity contribution < 1.29 is 14.3 Å². The Kier molecular flexibility index (Phi) is 6.11. The van der Waals surface area contributed by atoms with Gasteiger partial charge in [-0.25, -0.2) is 9.97 Å². The van der Waals surface area contributed by atoms with E-state index in [2.05, 4.69) is 29.1 Å². The summed E-state index contributed by atoms with van der Waals surface area (Å²) in [4.78, 5) is 23.5. The van der Waals surface area contributed by atoms with Crippen LogP contribution in [0.4, 0.5) is 5.95 Å². The molecular formula is C20H26N4O3. The van der Waals surface area contributed by atoms with Crippen molar-refractivity contribution in [1.82, 2.24) is 14.9 Å². The highest BCUT2D eigenvalue weighted by atomic mass is 16.7. The summed E-state index contributed by atoms with van der Waals surface area (Å²) in [5.74, 6) is 1.90. The van der Waals surface area contributed by atoms with Crippen molar-refractivity contribution in [2.24, 2.45) is 0 Å². The Balaban J connectivity index is 1.72. The summed E-state index contributed by atoms with van der Waals surface area (Å²) in [6.45, 7) is 8.25. The minimum atomic E-state index is -0.0460. The maximum Gasteiger partial charge on any atom is 0.272 e. The molecule has 0 bridgehead atoms. The van der Waals surface area contributed by atoms with Crippen LogP contribution in [0.15, 0.2) is 24.3 Å². The van der Waals surface area contributed by atoms with Crippen LogP contribution in [0.2, 0.25) is 0 Å². The molecule has 0 radical (unpaired) electrons. The third-order valence-electron chi connectivity index (χ3n) is 4.24. The molecule has 1 N–H and O–H groups in total. The molecule has 1 aliphatic heterocycles. The quantitative estimate of drug-likeness (QED) is 0.768. The van der Waals surface area contributed by atoms with Crippen LogP contribution in [0.5, 0.6) is 11.5 Å². The number of aryl methyl sites for hydroxylation is 1. The summed E-state index contributed by atoms with van der Waals surface area (Å²) < 4.78 is 10.7. The lowest BCUT2D eigenvalue weighted by Gasteiger charge is -2.21. The van der Waals surface area contributed by atoms with Gasteiger partial charge in [0.2, 0.25) is 12.7 Å². The number of hydrogen-bond acceptors (Lipinski definition) is 6. The molecule has 1 aromatic heterocycles. The van der Waals surface area contributed by atoms with Crippen LogP contribution in [0.3, 0.4) is 0 Å². The fourth-order valence-corrected chi connectivity index (χ4v) is 3.01. The van der Waals surface area contributed by atoms with E-state index < -0.39 is 0 Å². The number of amides is 1. The maximum atomic E-state index is 12.8. The highest BCUT2D eigenvalue weighted by molar-refractivity contribution is 5.92. The van der Waals surface area contributed by atoms with Gasteiger partial charge in [0.25, 0.3) is 5.91 Å². The van der Waals surface area contributed by atoms with Gasteiger partial charge in [-0.3, -0.25) is 4.79 Å². The predicted molar refractivity (Wildman–Crippen MR) is 103 cm³/mol. The zero-order valence-electron chi connectivity index (χ0n) is 16.1. The molecule has 7 heteroatoms. The highest BCUT2D eigenvalue weighted by Gasteiger charge is 2.18. The summed E-state index contributed by atoms with van der Waals surface area (Å²) in [5.41, 5.74) is 2.21. The largest absolute Gasteiger partial charge is 0.454 e. The van der Waals surface area contributed by atoms with Gasteiger partial charge in [-0.1, -0.05) is 19.9 Å². The Morgan fingerprint density at radius 3 is 2.59 bits per heavy atom. The lowest BCUT2D eigenvalue weighted by Crippen LogP contribution is -2.33. The molecule has 2 heterocycles. The molecule has 7 nitrogen and oxygen atoms in total. The zero-order chi connectivity index (χ0) is 19.2. The normalized spacial score (nSPS) is 12.1. The number of aromatic nitrogens is 2. The summed E-state index contributed by atoms with van der Waals surface area (Å²) >= 11 is 0. The molecule has 1 aromatic carbocycles. The van der Waals surface area contributed by atoms with Crippen molar-refractivity contribution in [2.45, 2.75) is 40.2 Å². The number of anilines is 1. The van der Waals surface area contributed by atoms with Crippen molar-refractivity contribution in [3.63, 3.8) is 0 Å². The summed E-state index contributed by atoms with van der Waals surface area (Å²) in [5, 5.41) is 3.20. The van der Waals surface area contributed by atoms with E-state index >= 15 is 0 Å². The Hall–Kier alpha value is -2.83. The van der Waals surface area contributed by atoms with Gasteiger partial charge in [0, 0.05) is 25.3 Å². The fraction of sp³-hybridized carbons (Fsp3) is 0.450. The number of rotatable bonds is 8. The molecule has 1 aliphatic rings. The summed E-state index contributed by atoms with van der Waals surface area (Å²) in [6, 6.07) is 7.53. The SMILES string of the molecule is CCCN(CCC)C(=O)c1cc(C)nc(NCc2ccc3c(c2)OCO3)n1. The molecule has 0 atom stereocenters. The molecule has 3 rings (SSSR count). The van der Waals surface area contributed by atoms with Crippen molar-refractivity contribution in [1.29, 1.82) is 0 Å². The van der Waals surface area contributed by atoms with Gasteiger partial charge < -0.3 is 19.7 Å². The minimum Gasteiger partial charge on any atom is -0.454 e. The number of benzene rings is 1. The number of hydrogen-bond donors (Lipinski definition) is 1. The van der Waals surface area contributed by atoms with Crippen molar-refractivity contribution >= 4 is 11.9 Å². The van der Waals surface area contributed by atoms with Crippen LogP contribution in [-0.4, -0.2) is 40.7 Å². The molecule has 144 valence electrons. The molecule has 0 aliphatic carbocycles. The summed E-state index contributed by atoms with van der Waals surface area (Å²) in [6.07, 6.45) is 1.84. The molecule has 0 fully saturated rings. The second kappa shape index (κ2) is 8.70. The second-order valence-electron chi connectivity index (χ2n) is 6.55. The molecule has 0 saturated heterocycles. The Labute approximate surface area is 159 Å². The number of carbonyl (C=O) groups is 1. The maximum absolute atomic E-state index is 12.8. The molecule has 0 saturated carbocycles. The van der Waals surface area contributed by atoms with Crippen LogP contribution < -0.4 is 14.8 Å². The second-order valence-corrected chi connectivity index (χ2v) is 6.55. The zero-order valence-corrected chi connectivity index (χ0v) is 16.1. The molecule has 1 amide bonds. The lowest BCUT2D eigenvalue weighted by atomic mass is 10.2. The van der Waals surface area contributed by atoms with E-state index in [0.717, 1.165) is 48.7 Å². The average molecular weight is 370 g/mol. The fourth-order valence-electron chi connectivity index (χ4n) is 3.01. The molecule has 0 unspecified atom stereocenters. The van der Waals surface area contributed by atoms with Gasteiger partial charge in [0.15, 0.2) is 11.5 Å². The smallest absolute Gasteiger partial charge is 0.272 e. The van der Waals surface area contributed by atoms with E-state index in [1.54, 1.807) is 6.07 Å². The monoisotopic (exact) mass is 370 g/mol. The Bertz CT molecular complexity index is 804. The average Bonchev–Trinajstić information content (AvgIpc) is 3.13. The number of nitrogens with one attached hydrogen (secondary N) is 1. The third-order valence-corrected chi connectivity index (χ3v) is 4.24. The third kappa shape index (κ3) is 4.67. The highest BCUT2D eigenvalue weighted by Crippen LogP contribution is 2.32. The van der Waals surface area contributed by atoms with E-state index in [0.29, 0.717) is 18.2 Å². The summed E-state index contributed by atoms with van der Waals surface area (Å²) in [7, 11) is 0. The van der Waals surface area contributed by atoms with Crippen LogP contribution in [0, 0.1) is 6.92 Å².